The zero-order valence-corrected chi connectivity index (χ0v) is 16.9. The molecular weight excluding hydrogens is 388 g/mol. The minimum atomic E-state index is -0.133. The number of aromatic nitrogens is 1. The predicted octanol–water partition coefficient (Wildman–Crippen LogP) is 4.42. The fourth-order valence-electron chi connectivity index (χ4n) is 3.10. The van der Waals surface area contributed by atoms with Crippen LogP contribution in [0, 0.1) is 0 Å². The van der Waals surface area contributed by atoms with E-state index in [1.807, 2.05) is 36.4 Å². The minimum Gasteiger partial charge on any atom is -0.397 e. The summed E-state index contributed by atoms with van der Waals surface area (Å²) in [4.78, 5) is 27.4. The van der Waals surface area contributed by atoms with Gasteiger partial charge in [-0.15, -0.1) is 11.6 Å². The number of nitrogen functional groups attached to an aromatic ring is 1. The number of hydrogen-bond donors (Lipinski definition) is 4. The maximum absolute atomic E-state index is 12.3. The van der Waals surface area contributed by atoms with Gasteiger partial charge in [0, 0.05) is 29.7 Å². The number of anilines is 2. The number of benzene rings is 2. The molecule has 29 heavy (non-hydrogen) atoms. The van der Waals surface area contributed by atoms with E-state index in [2.05, 4.69) is 15.6 Å². The highest BCUT2D eigenvalue weighted by Crippen LogP contribution is 2.19. The Labute approximate surface area is 174 Å². The third-order valence-corrected chi connectivity index (χ3v) is 4.99. The molecule has 7 heteroatoms. The van der Waals surface area contributed by atoms with Gasteiger partial charge in [-0.05, 0) is 48.7 Å². The van der Waals surface area contributed by atoms with E-state index in [9.17, 15) is 9.59 Å². The van der Waals surface area contributed by atoms with Crippen LogP contribution in [0.15, 0.2) is 48.5 Å². The molecule has 0 bridgehead atoms. The predicted molar refractivity (Wildman–Crippen MR) is 118 cm³/mol. The van der Waals surface area contributed by atoms with Crippen LogP contribution in [0.25, 0.3) is 10.9 Å². The highest BCUT2D eigenvalue weighted by Gasteiger charge is 2.09. The summed E-state index contributed by atoms with van der Waals surface area (Å²) >= 11 is 5.85. The number of rotatable bonds is 9. The highest BCUT2D eigenvalue weighted by molar-refractivity contribution is 6.17. The molecule has 0 saturated heterocycles. The lowest BCUT2D eigenvalue weighted by Gasteiger charge is -2.08. The van der Waals surface area contributed by atoms with Gasteiger partial charge in [-0.1, -0.05) is 24.6 Å². The van der Waals surface area contributed by atoms with Crippen LogP contribution in [0.2, 0.25) is 0 Å². The first-order valence-electron chi connectivity index (χ1n) is 9.67. The molecule has 2 amide bonds. The lowest BCUT2D eigenvalue weighted by molar-refractivity contribution is -0.116. The molecule has 1 heterocycles. The number of para-hydroxylation sites is 2. The number of halogens is 1. The normalized spacial score (nSPS) is 10.8. The molecule has 5 N–H and O–H groups in total. The summed E-state index contributed by atoms with van der Waals surface area (Å²) in [6, 6.07) is 14.9. The van der Waals surface area contributed by atoms with Crippen LogP contribution in [-0.4, -0.2) is 23.3 Å². The molecule has 0 saturated carbocycles. The van der Waals surface area contributed by atoms with Gasteiger partial charge in [0.15, 0.2) is 0 Å². The van der Waals surface area contributed by atoms with Crippen molar-refractivity contribution in [3.63, 3.8) is 0 Å². The van der Waals surface area contributed by atoms with Gasteiger partial charge in [-0.2, -0.15) is 0 Å². The van der Waals surface area contributed by atoms with Crippen molar-refractivity contribution in [1.29, 1.82) is 0 Å². The molecule has 0 aliphatic heterocycles. The SMILES string of the molecule is Nc1ccccc1NC(=O)CCCCCNC(=O)c1cc2cc(CCl)ccc2[nH]1. The van der Waals surface area contributed by atoms with Crippen molar-refractivity contribution in [2.45, 2.75) is 31.6 Å². The zero-order chi connectivity index (χ0) is 20.6. The second-order valence-corrected chi connectivity index (χ2v) is 7.21. The number of alkyl halides is 1. The number of unbranched alkanes of at least 4 members (excludes halogenated alkanes) is 2. The molecule has 6 nitrogen and oxygen atoms in total. The lowest BCUT2D eigenvalue weighted by Crippen LogP contribution is -2.24. The van der Waals surface area contributed by atoms with Crippen LogP contribution in [0.5, 0.6) is 0 Å². The van der Waals surface area contributed by atoms with Gasteiger partial charge in [0.05, 0.1) is 11.4 Å². The number of hydrogen-bond acceptors (Lipinski definition) is 3. The molecule has 1 aromatic heterocycles. The van der Waals surface area contributed by atoms with Crippen LogP contribution >= 0.6 is 11.6 Å². The van der Waals surface area contributed by atoms with E-state index in [1.165, 1.54) is 0 Å². The first kappa shape index (κ1) is 20.7. The van der Waals surface area contributed by atoms with E-state index in [4.69, 9.17) is 17.3 Å². The Bertz CT molecular complexity index is 999. The standard InChI is InChI=1S/C22H25ClN4O2/c23-14-15-9-10-18-16(12-15)13-20(26-18)22(29)25-11-5-1-2-8-21(28)27-19-7-4-3-6-17(19)24/h3-4,6-7,9-10,12-13,26H,1-2,5,8,11,14,24H2,(H,25,29)(H,27,28). The zero-order valence-electron chi connectivity index (χ0n) is 16.1. The Morgan fingerprint density at radius 3 is 2.66 bits per heavy atom. The van der Waals surface area contributed by atoms with Crippen LogP contribution in [-0.2, 0) is 10.7 Å². The van der Waals surface area contributed by atoms with E-state index < -0.39 is 0 Å². The molecule has 3 aromatic rings. The Hall–Kier alpha value is -2.99. The molecule has 0 unspecified atom stereocenters. The molecule has 0 atom stereocenters. The molecule has 0 aliphatic carbocycles. The monoisotopic (exact) mass is 412 g/mol. The number of H-pyrrole nitrogens is 1. The maximum Gasteiger partial charge on any atom is 0.267 e. The third kappa shape index (κ3) is 5.74. The lowest BCUT2D eigenvalue weighted by atomic mass is 10.1. The van der Waals surface area contributed by atoms with Crippen molar-refractivity contribution >= 4 is 45.7 Å². The average Bonchev–Trinajstić information content (AvgIpc) is 3.15. The number of carbonyl (C=O) groups excluding carboxylic acids is 2. The summed E-state index contributed by atoms with van der Waals surface area (Å²) in [6.07, 6.45) is 2.84. The highest BCUT2D eigenvalue weighted by atomic mass is 35.5. The largest absolute Gasteiger partial charge is 0.397 e. The van der Waals surface area contributed by atoms with Crippen molar-refractivity contribution in [2.75, 3.05) is 17.6 Å². The molecule has 0 fully saturated rings. The molecule has 2 aromatic carbocycles. The average molecular weight is 413 g/mol. The molecule has 3 rings (SSSR count). The molecule has 0 radical (unpaired) electrons. The topological polar surface area (TPSA) is 100 Å². The summed E-state index contributed by atoms with van der Waals surface area (Å²) in [7, 11) is 0. The van der Waals surface area contributed by atoms with Gasteiger partial charge < -0.3 is 21.4 Å². The first-order valence-corrected chi connectivity index (χ1v) is 10.2. The van der Waals surface area contributed by atoms with Gasteiger partial charge in [0.25, 0.3) is 5.91 Å². The number of amides is 2. The van der Waals surface area contributed by atoms with Crippen molar-refractivity contribution in [3.8, 4) is 0 Å². The summed E-state index contributed by atoms with van der Waals surface area (Å²) in [5.41, 5.74) is 9.47. The van der Waals surface area contributed by atoms with Crippen LogP contribution in [0.4, 0.5) is 11.4 Å². The van der Waals surface area contributed by atoms with Crippen molar-refractivity contribution < 1.29 is 9.59 Å². The van der Waals surface area contributed by atoms with Gasteiger partial charge in [0.2, 0.25) is 5.91 Å². The van der Waals surface area contributed by atoms with Crippen molar-refractivity contribution in [1.82, 2.24) is 10.3 Å². The number of nitrogens with one attached hydrogen (secondary N) is 3. The van der Waals surface area contributed by atoms with E-state index in [0.29, 0.717) is 35.9 Å². The first-order chi connectivity index (χ1) is 14.1. The van der Waals surface area contributed by atoms with E-state index >= 15 is 0 Å². The number of carbonyl (C=O) groups is 2. The second-order valence-electron chi connectivity index (χ2n) is 6.94. The Balaban J connectivity index is 1.35. The van der Waals surface area contributed by atoms with Crippen LogP contribution in [0.3, 0.4) is 0 Å². The third-order valence-electron chi connectivity index (χ3n) is 4.69. The summed E-state index contributed by atoms with van der Waals surface area (Å²) in [6.45, 7) is 0.564. The quantitative estimate of drug-likeness (QED) is 0.238. The van der Waals surface area contributed by atoms with Gasteiger partial charge in [0.1, 0.15) is 5.69 Å². The molecule has 0 aliphatic rings. The van der Waals surface area contributed by atoms with E-state index in [1.54, 1.807) is 12.1 Å². The van der Waals surface area contributed by atoms with Gasteiger partial charge in [-0.3, -0.25) is 9.59 Å². The van der Waals surface area contributed by atoms with E-state index in [0.717, 1.165) is 35.7 Å². The van der Waals surface area contributed by atoms with E-state index in [-0.39, 0.29) is 11.8 Å². The Kier molecular flexibility index (Phi) is 7.14. The molecular formula is C22H25ClN4O2. The smallest absolute Gasteiger partial charge is 0.267 e. The number of aromatic amines is 1. The fraction of sp³-hybridized carbons (Fsp3) is 0.273. The Morgan fingerprint density at radius 1 is 1.03 bits per heavy atom. The summed E-state index contributed by atoms with van der Waals surface area (Å²) in [5.74, 6) is 0.256. The van der Waals surface area contributed by atoms with Crippen LogP contribution < -0.4 is 16.4 Å². The fourth-order valence-corrected chi connectivity index (χ4v) is 3.26. The minimum absolute atomic E-state index is 0.0543. The molecule has 0 spiro atoms. The summed E-state index contributed by atoms with van der Waals surface area (Å²) in [5, 5.41) is 6.70. The number of nitrogens with two attached hydrogens (primary N) is 1. The van der Waals surface area contributed by atoms with Crippen molar-refractivity contribution in [2.24, 2.45) is 0 Å². The molecule has 152 valence electrons. The summed E-state index contributed by atoms with van der Waals surface area (Å²) < 4.78 is 0. The van der Waals surface area contributed by atoms with Gasteiger partial charge >= 0.3 is 0 Å². The van der Waals surface area contributed by atoms with Gasteiger partial charge in [-0.25, -0.2) is 0 Å². The second kappa shape index (κ2) is 9.98. The number of fused-ring (bicyclic) bond motifs is 1. The maximum atomic E-state index is 12.3. The van der Waals surface area contributed by atoms with Crippen molar-refractivity contribution in [3.05, 3.63) is 59.8 Å². The van der Waals surface area contributed by atoms with Crippen LogP contribution in [0.1, 0.15) is 41.7 Å². The Morgan fingerprint density at radius 2 is 1.86 bits per heavy atom.